The van der Waals surface area contributed by atoms with Crippen molar-refractivity contribution < 1.29 is 9.59 Å². The van der Waals surface area contributed by atoms with E-state index in [4.69, 9.17) is 0 Å². The highest BCUT2D eigenvalue weighted by atomic mass is 16.2. The minimum absolute atomic E-state index is 0.0321. The molecule has 2 aliphatic rings. The zero-order valence-electron chi connectivity index (χ0n) is 15.3. The van der Waals surface area contributed by atoms with Gasteiger partial charge in [0.15, 0.2) is 0 Å². The highest BCUT2D eigenvalue weighted by Crippen LogP contribution is 2.34. The number of nitrogens with zero attached hydrogens (tertiary/aromatic N) is 2. The number of rotatable bonds is 5. The Morgan fingerprint density at radius 1 is 1.28 bits per heavy atom. The monoisotopic (exact) mass is 341 g/mol. The molecule has 1 aromatic rings. The summed E-state index contributed by atoms with van der Waals surface area (Å²) in [4.78, 5) is 29.1. The second kappa shape index (κ2) is 6.64. The molecule has 1 saturated carbocycles. The Kier molecular flexibility index (Phi) is 4.69. The number of fused-ring (bicyclic) bond motifs is 1. The average Bonchev–Trinajstić information content (AvgIpc) is 3.18. The lowest BCUT2D eigenvalue weighted by Gasteiger charge is -2.37. The van der Waals surface area contributed by atoms with Gasteiger partial charge in [0.2, 0.25) is 5.91 Å². The summed E-state index contributed by atoms with van der Waals surface area (Å²) in [6.45, 7) is 6.41. The number of benzene rings is 1. The first-order valence-corrected chi connectivity index (χ1v) is 8.94. The maximum absolute atomic E-state index is 12.7. The molecule has 0 unspecified atom stereocenters. The Bertz CT molecular complexity index is 670. The third-order valence-corrected chi connectivity index (χ3v) is 5.82. The number of nitrogens with one attached hydrogen (secondary N) is 1. The lowest BCUT2D eigenvalue weighted by atomic mass is 9.96. The number of hydrogen-bond acceptors (Lipinski definition) is 3. The zero-order chi connectivity index (χ0) is 18.2. The summed E-state index contributed by atoms with van der Waals surface area (Å²) < 4.78 is 0. The van der Waals surface area contributed by atoms with Crippen LogP contribution < -0.4 is 5.32 Å². The van der Waals surface area contributed by atoms with Gasteiger partial charge in [-0.2, -0.15) is 0 Å². The van der Waals surface area contributed by atoms with Crippen molar-refractivity contribution in [3.8, 4) is 0 Å². The Morgan fingerprint density at radius 2 is 1.88 bits per heavy atom. The van der Waals surface area contributed by atoms with Crippen LogP contribution in [0.3, 0.4) is 0 Å². The van der Waals surface area contributed by atoms with E-state index in [0.29, 0.717) is 17.8 Å². The van der Waals surface area contributed by atoms with Gasteiger partial charge in [0, 0.05) is 28.9 Å². The van der Waals surface area contributed by atoms with Crippen LogP contribution in [0.4, 0.5) is 0 Å². The van der Waals surface area contributed by atoms with E-state index in [1.54, 1.807) is 13.0 Å². The molecule has 0 spiro atoms. The van der Waals surface area contributed by atoms with Gasteiger partial charge in [0.25, 0.3) is 5.91 Å². The summed E-state index contributed by atoms with van der Waals surface area (Å²) in [6.07, 6.45) is 4.57. The summed E-state index contributed by atoms with van der Waals surface area (Å²) in [6, 6.07) is 6.80. The molecule has 1 aromatic carbocycles. The van der Waals surface area contributed by atoms with Gasteiger partial charge in [-0.3, -0.25) is 14.5 Å². The number of hydrogen-bond donors (Lipinski definition) is 1. The number of carbonyl (C=O) groups is 2. The smallest absolute Gasteiger partial charge is 0.259 e. The fourth-order valence-corrected chi connectivity index (χ4v) is 4.04. The molecular formula is C20H27N3O2. The zero-order valence-corrected chi connectivity index (χ0v) is 15.3. The molecule has 2 amide bonds. The molecule has 5 heteroatoms. The molecule has 1 fully saturated rings. The highest BCUT2D eigenvalue weighted by Gasteiger charge is 2.39. The van der Waals surface area contributed by atoms with Gasteiger partial charge in [0.1, 0.15) is 6.04 Å². The van der Waals surface area contributed by atoms with Gasteiger partial charge >= 0.3 is 0 Å². The van der Waals surface area contributed by atoms with Gasteiger partial charge < -0.3 is 10.2 Å². The van der Waals surface area contributed by atoms with Crippen LogP contribution >= 0.6 is 0 Å². The van der Waals surface area contributed by atoms with E-state index in [1.165, 1.54) is 17.7 Å². The number of carbonyl (C=O) groups excluding carboxylic acids is 2. The van der Waals surface area contributed by atoms with Gasteiger partial charge in [-0.1, -0.05) is 37.6 Å². The van der Waals surface area contributed by atoms with Crippen LogP contribution in [0.25, 0.3) is 5.70 Å². The van der Waals surface area contributed by atoms with E-state index < -0.39 is 6.04 Å². The molecule has 0 radical (unpaired) electrons. The van der Waals surface area contributed by atoms with E-state index in [1.807, 2.05) is 18.2 Å². The first kappa shape index (κ1) is 17.7. The molecule has 0 saturated heterocycles. The Morgan fingerprint density at radius 3 is 2.44 bits per heavy atom. The summed E-state index contributed by atoms with van der Waals surface area (Å²) in [7, 11) is 4.15. The third kappa shape index (κ3) is 2.97. The topological polar surface area (TPSA) is 52.7 Å². The standard InChI is InChI=1S/C20H27N3O2/c1-14-16-9-5-6-10-17(16)19(25)23(14)15(2)18(24)21-13-20(22(3)4)11-7-8-12-20/h5-6,9-10,15H,1,7-8,11-13H2,2-4H3,(H,21,24)/t15-/m1/s1. The van der Waals surface area contributed by atoms with Crippen molar-refractivity contribution >= 4 is 17.5 Å². The van der Waals surface area contributed by atoms with Gasteiger partial charge in [-0.15, -0.1) is 0 Å². The van der Waals surface area contributed by atoms with Gasteiger partial charge in [-0.25, -0.2) is 0 Å². The molecule has 1 heterocycles. The molecular weight excluding hydrogens is 314 g/mol. The lowest BCUT2D eigenvalue weighted by molar-refractivity contribution is -0.124. The molecule has 1 aliphatic heterocycles. The summed E-state index contributed by atoms with van der Waals surface area (Å²) in [5, 5.41) is 3.08. The summed E-state index contributed by atoms with van der Waals surface area (Å²) >= 11 is 0. The van der Waals surface area contributed by atoms with Crippen molar-refractivity contribution in [2.45, 2.75) is 44.2 Å². The normalized spacial score (nSPS) is 20.1. The van der Waals surface area contributed by atoms with Crippen molar-refractivity contribution in [1.29, 1.82) is 0 Å². The largest absolute Gasteiger partial charge is 0.352 e. The molecule has 25 heavy (non-hydrogen) atoms. The minimum Gasteiger partial charge on any atom is -0.352 e. The first-order valence-electron chi connectivity index (χ1n) is 8.94. The van der Waals surface area contributed by atoms with Crippen LogP contribution in [0.5, 0.6) is 0 Å². The van der Waals surface area contributed by atoms with Crippen molar-refractivity contribution in [3.05, 3.63) is 42.0 Å². The Labute approximate surface area is 149 Å². The maximum atomic E-state index is 12.7. The molecule has 3 rings (SSSR count). The second-order valence-electron chi connectivity index (χ2n) is 7.39. The maximum Gasteiger partial charge on any atom is 0.259 e. The van der Waals surface area contributed by atoms with Crippen LogP contribution in [0.2, 0.25) is 0 Å². The van der Waals surface area contributed by atoms with Crippen LogP contribution in [0.1, 0.15) is 48.5 Å². The van der Waals surface area contributed by atoms with Gasteiger partial charge in [-0.05, 0) is 39.9 Å². The molecule has 0 bridgehead atoms. The molecule has 1 N–H and O–H groups in total. The van der Waals surface area contributed by atoms with E-state index in [-0.39, 0.29) is 17.4 Å². The van der Waals surface area contributed by atoms with E-state index in [0.717, 1.165) is 18.4 Å². The average molecular weight is 341 g/mol. The van der Waals surface area contributed by atoms with Crippen LogP contribution in [0.15, 0.2) is 30.8 Å². The molecule has 1 aliphatic carbocycles. The van der Waals surface area contributed by atoms with E-state index >= 15 is 0 Å². The first-order chi connectivity index (χ1) is 11.9. The highest BCUT2D eigenvalue weighted by molar-refractivity contribution is 6.10. The SMILES string of the molecule is C=C1c2ccccc2C(=O)N1[C@H](C)C(=O)NCC1(N(C)C)CCCC1. The lowest BCUT2D eigenvalue weighted by Crippen LogP contribution is -2.54. The van der Waals surface area contributed by atoms with Crippen molar-refractivity contribution in [2.75, 3.05) is 20.6 Å². The van der Waals surface area contributed by atoms with Crippen molar-refractivity contribution in [1.82, 2.24) is 15.1 Å². The predicted molar refractivity (Wildman–Crippen MR) is 99.0 cm³/mol. The summed E-state index contributed by atoms with van der Waals surface area (Å²) in [5.74, 6) is -0.276. The van der Waals surface area contributed by atoms with E-state index in [2.05, 4.69) is 30.9 Å². The molecule has 0 aromatic heterocycles. The van der Waals surface area contributed by atoms with Crippen LogP contribution in [-0.4, -0.2) is 53.8 Å². The minimum atomic E-state index is -0.576. The fraction of sp³-hybridized carbons (Fsp3) is 0.500. The Hall–Kier alpha value is -2.14. The van der Waals surface area contributed by atoms with Crippen molar-refractivity contribution in [3.63, 3.8) is 0 Å². The van der Waals surface area contributed by atoms with Crippen molar-refractivity contribution in [2.24, 2.45) is 0 Å². The summed E-state index contributed by atoms with van der Waals surface area (Å²) in [5.41, 5.74) is 2.07. The van der Waals surface area contributed by atoms with Crippen LogP contribution in [0, 0.1) is 0 Å². The predicted octanol–water partition coefficient (Wildman–Crippen LogP) is 2.49. The number of amides is 2. The molecule has 134 valence electrons. The van der Waals surface area contributed by atoms with Gasteiger partial charge in [0.05, 0.1) is 0 Å². The molecule has 5 nitrogen and oxygen atoms in total. The number of likely N-dealkylation sites (N-methyl/N-ethyl adjacent to an activating group) is 1. The third-order valence-electron chi connectivity index (χ3n) is 5.82. The quantitative estimate of drug-likeness (QED) is 0.895. The second-order valence-corrected chi connectivity index (χ2v) is 7.39. The van der Waals surface area contributed by atoms with E-state index in [9.17, 15) is 9.59 Å². The fourth-order valence-electron chi connectivity index (χ4n) is 4.04. The molecule has 1 atom stereocenters. The Balaban J connectivity index is 1.69. The van der Waals surface area contributed by atoms with Crippen LogP contribution in [-0.2, 0) is 4.79 Å².